The van der Waals surface area contributed by atoms with Crippen molar-refractivity contribution in [1.29, 1.82) is 0 Å². The van der Waals surface area contributed by atoms with Gasteiger partial charge in [-0.3, -0.25) is 4.90 Å². The Kier molecular flexibility index (Phi) is 2.48. The molecular formula is C12H19N3O. The van der Waals surface area contributed by atoms with Crippen LogP contribution in [0.5, 0.6) is 0 Å². The Morgan fingerprint density at radius 2 is 2.44 bits per heavy atom. The van der Waals surface area contributed by atoms with Crippen molar-refractivity contribution in [3.8, 4) is 0 Å². The molecule has 0 aromatic carbocycles. The molecule has 1 aromatic heterocycles. The van der Waals surface area contributed by atoms with Gasteiger partial charge in [-0.05, 0) is 38.8 Å². The Balaban J connectivity index is 1.71. The van der Waals surface area contributed by atoms with E-state index in [1.807, 2.05) is 6.92 Å². The fourth-order valence-electron chi connectivity index (χ4n) is 3.14. The lowest BCUT2D eigenvalue weighted by atomic mass is 9.95. The fraction of sp³-hybridized carbons (Fsp3) is 0.750. The summed E-state index contributed by atoms with van der Waals surface area (Å²) in [7, 11) is 0. The normalized spacial score (nSPS) is 34.5. The van der Waals surface area contributed by atoms with Gasteiger partial charge < -0.3 is 9.73 Å². The number of nitrogens with zero attached hydrogens (tertiary/aromatic N) is 2. The van der Waals surface area contributed by atoms with E-state index < -0.39 is 0 Å². The first-order valence-electron chi connectivity index (χ1n) is 6.09. The maximum absolute atomic E-state index is 5.25. The molecule has 4 heteroatoms. The van der Waals surface area contributed by atoms with Gasteiger partial charge in [0.1, 0.15) is 5.76 Å². The number of hydrogen-bond acceptors (Lipinski definition) is 4. The predicted molar refractivity (Wildman–Crippen MR) is 61.0 cm³/mol. The Morgan fingerprint density at radius 1 is 1.56 bits per heavy atom. The summed E-state index contributed by atoms with van der Waals surface area (Å²) in [5, 5.41) is 3.48. The molecule has 2 aliphatic heterocycles. The highest BCUT2D eigenvalue weighted by Gasteiger charge is 2.41. The van der Waals surface area contributed by atoms with E-state index in [4.69, 9.17) is 4.42 Å². The third kappa shape index (κ3) is 1.57. The molecule has 0 amide bonds. The Hall–Kier alpha value is -0.870. The molecule has 0 radical (unpaired) electrons. The molecule has 3 heterocycles. The smallest absolute Gasteiger partial charge is 0.181 e. The van der Waals surface area contributed by atoms with Crippen LogP contribution >= 0.6 is 0 Å². The van der Waals surface area contributed by atoms with Gasteiger partial charge in [0.2, 0.25) is 0 Å². The number of fused-ring (bicyclic) bond motifs is 1. The summed E-state index contributed by atoms with van der Waals surface area (Å²) < 4.78 is 5.25. The Morgan fingerprint density at radius 3 is 3.12 bits per heavy atom. The minimum Gasteiger partial charge on any atom is -0.448 e. The molecule has 88 valence electrons. The molecule has 3 unspecified atom stereocenters. The summed E-state index contributed by atoms with van der Waals surface area (Å²) in [6.45, 7) is 8.84. The fourth-order valence-corrected chi connectivity index (χ4v) is 3.14. The molecular weight excluding hydrogens is 202 g/mol. The minimum absolute atomic E-state index is 0.663. The molecule has 0 bridgehead atoms. The first kappa shape index (κ1) is 10.3. The van der Waals surface area contributed by atoms with Crippen LogP contribution in [-0.4, -0.2) is 35.6 Å². The van der Waals surface area contributed by atoms with E-state index >= 15 is 0 Å². The van der Waals surface area contributed by atoms with E-state index in [-0.39, 0.29) is 0 Å². The van der Waals surface area contributed by atoms with E-state index in [1.165, 1.54) is 19.6 Å². The van der Waals surface area contributed by atoms with E-state index in [1.54, 1.807) is 6.39 Å². The lowest BCUT2D eigenvalue weighted by molar-refractivity contribution is 0.228. The molecule has 3 atom stereocenters. The van der Waals surface area contributed by atoms with Crippen LogP contribution < -0.4 is 5.32 Å². The van der Waals surface area contributed by atoms with Gasteiger partial charge in [-0.1, -0.05) is 0 Å². The van der Waals surface area contributed by atoms with Crippen LogP contribution in [0.2, 0.25) is 0 Å². The first-order chi connectivity index (χ1) is 7.75. The Labute approximate surface area is 96.0 Å². The van der Waals surface area contributed by atoms with Crippen molar-refractivity contribution in [2.75, 3.05) is 19.6 Å². The van der Waals surface area contributed by atoms with Crippen molar-refractivity contribution in [2.45, 2.75) is 26.4 Å². The monoisotopic (exact) mass is 221 g/mol. The molecule has 0 spiro atoms. The van der Waals surface area contributed by atoms with Gasteiger partial charge in [0.05, 0.1) is 5.69 Å². The maximum atomic E-state index is 5.25. The summed E-state index contributed by atoms with van der Waals surface area (Å²) in [5.74, 6) is 2.62. The topological polar surface area (TPSA) is 41.3 Å². The number of rotatable bonds is 2. The van der Waals surface area contributed by atoms with Crippen molar-refractivity contribution >= 4 is 0 Å². The van der Waals surface area contributed by atoms with Crippen molar-refractivity contribution < 1.29 is 4.42 Å². The number of aromatic nitrogens is 1. The average Bonchev–Trinajstić information content (AvgIpc) is 2.91. The van der Waals surface area contributed by atoms with Crippen LogP contribution in [-0.2, 0) is 6.54 Å². The maximum Gasteiger partial charge on any atom is 0.181 e. The molecule has 0 aliphatic carbocycles. The van der Waals surface area contributed by atoms with E-state index in [0.717, 1.165) is 29.8 Å². The number of likely N-dealkylation sites (tertiary alicyclic amines) is 1. The second-order valence-corrected chi connectivity index (χ2v) is 5.11. The zero-order chi connectivity index (χ0) is 11.1. The number of aryl methyl sites for hydroxylation is 1. The quantitative estimate of drug-likeness (QED) is 0.809. The van der Waals surface area contributed by atoms with Crippen LogP contribution in [0.25, 0.3) is 0 Å². The lowest BCUT2D eigenvalue weighted by Crippen LogP contribution is -2.33. The average molecular weight is 221 g/mol. The predicted octanol–water partition coefficient (Wildman–Crippen LogP) is 1.02. The molecule has 3 rings (SSSR count). The van der Waals surface area contributed by atoms with Crippen molar-refractivity contribution in [3.63, 3.8) is 0 Å². The number of nitrogens with one attached hydrogen (secondary N) is 1. The van der Waals surface area contributed by atoms with E-state index in [0.29, 0.717) is 6.04 Å². The summed E-state index contributed by atoms with van der Waals surface area (Å²) in [4.78, 5) is 6.83. The van der Waals surface area contributed by atoms with Crippen molar-refractivity contribution in [2.24, 2.45) is 11.8 Å². The van der Waals surface area contributed by atoms with Crippen LogP contribution in [0.15, 0.2) is 10.8 Å². The van der Waals surface area contributed by atoms with Crippen LogP contribution in [0.1, 0.15) is 18.4 Å². The molecule has 1 aromatic rings. The van der Waals surface area contributed by atoms with Gasteiger partial charge in [-0.25, -0.2) is 4.98 Å². The SMILES string of the molecule is Cc1ocnc1CN1CC2CNCC2C1C. The lowest BCUT2D eigenvalue weighted by Gasteiger charge is -2.23. The van der Waals surface area contributed by atoms with E-state index in [9.17, 15) is 0 Å². The molecule has 2 fully saturated rings. The molecule has 2 saturated heterocycles. The van der Waals surface area contributed by atoms with Gasteiger partial charge in [-0.2, -0.15) is 0 Å². The molecule has 1 N–H and O–H groups in total. The van der Waals surface area contributed by atoms with Crippen molar-refractivity contribution in [1.82, 2.24) is 15.2 Å². The zero-order valence-corrected chi connectivity index (χ0v) is 9.94. The van der Waals surface area contributed by atoms with Gasteiger partial charge >= 0.3 is 0 Å². The summed E-state index contributed by atoms with van der Waals surface area (Å²) >= 11 is 0. The summed E-state index contributed by atoms with van der Waals surface area (Å²) in [6.07, 6.45) is 1.55. The van der Waals surface area contributed by atoms with Gasteiger partial charge in [0, 0.05) is 19.1 Å². The van der Waals surface area contributed by atoms with Gasteiger partial charge in [0.15, 0.2) is 6.39 Å². The van der Waals surface area contributed by atoms with Gasteiger partial charge in [-0.15, -0.1) is 0 Å². The largest absolute Gasteiger partial charge is 0.448 e. The Bertz CT molecular complexity index is 376. The third-order valence-electron chi connectivity index (χ3n) is 4.25. The molecule has 0 saturated carbocycles. The van der Waals surface area contributed by atoms with E-state index in [2.05, 4.69) is 22.1 Å². The minimum atomic E-state index is 0.663. The number of hydrogen-bond donors (Lipinski definition) is 1. The van der Waals surface area contributed by atoms with Crippen LogP contribution in [0.3, 0.4) is 0 Å². The highest BCUT2D eigenvalue weighted by atomic mass is 16.3. The second-order valence-electron chi connectivity index (χ2n) is 5.11. The summed E-state index contributed by atoms with van der Waals surface area (Å²) in [5.41, 5.74) is 1.10. The number of oxazole rings is 1. The third-order valence-corrected chi connectivity index (χ3v) is 4.25. The molecule has 2 aliphatic rings. The van der Waals surface area contributed by atoms with Crippen LogP contribution in [0.4, 0.5) is 0 Å². The highest BCUT2D eigenvalue weighted by molar-refractivity contribution is 5.07. The second kappa shape index (κ2) is 3.86. The van der Waals surface area contributed by atoms with Gasteiger partial charge in [0.25, 0.3) is 0 Å². The molecule has 16 heavy (non-hydrogen) atoms. The highest BCUT2D eigenvalue weighted by Crippen LogP contribution is 2.33. The molecule has 4 nitrogen and oxygen atoms in total. The first-order valence-corrected chi connectivity index (χ1v) is 6.09. The van der Waals surface area contributed by atoms with Crippen LogP contribution in [0, 0.1) is 18.8 Å². The summed E-state index contributed by atoms with van der Waals surface area (Å²) in [6, 6.07) is 0.663. The standard InChI is InChI=1S/C12H19N3O/c1-8-11-4-13-3-10(11)5-15(8)6-12-9(2)16-7-14-12/h7-8,10-11,13H,3-6H2,1-2H3. The van der Waals surface area contributed by atoms with Crippen molar-refractivity contribution in [3.05, 3.63) is 17.8 Å². The zero-order valence-electron chi connectivity index (χ0n) is 9.94.